The number of hydrogen-bond donors (Lipinski definition) is 1. The summed E-state index contributed by atoms with van der Waals surface area (Å²) in [4.78, 5) is 2.45. The summed E-state index contributed by atoms with van der Waals surface area (Å²) in [6.45, 7) is 12.9. The van der Waals surface area contributed by atoms with E-state index in [2.05, 4.69) is 48.2 Å². The van der Waals surface area contributed by atoms with Gasteiger partial charge in [0, 0.05) is 31.0 Å². The highest BCUT2D eigenvalue weighted by atomic mass is 16.5. The Morgan fingerprint density at radius 3 is 2.41 bits per heavy atom. The van der Waals surface area contributed by atoms with Crippen molar-refractivity contribution in [2.75, 3.05) is 20.2 Å². The molecule has 0 bridgehead atoms. The quantitative estimate of drug-likeness (QED) is 0.756. The third kappa shape index (κ3) is 4.93. The first-order valence-corrected chi connectivity index (χ1v) is 10.4. The molecule has 0 aliphatic carbocycles. The molecular formula is C25H35NO3. The summed E-state index contributed by atoms with van der Waals surface area (Å²) in [6.07, 6.45) is -0.414. The highest BCUT2D eigenvalue weighted by Gasteiger charge is 2.47. The predicted molar refractivity (Wildman–Crippen MR) is 118 cm³/mol. The molecule has 1 aliphatic heterocycles. The van der Waals surface area contributed by atoms with Crippen molar-refractivity contribution in [3.63, 3.8) is 0 Å². The van der Waals surface area contributed by atoms with Gasteiger partial charge in [-0.25, -0.2) is 0 Å². The van der Waals surface area contributed by atoms with E-state index < -0.39 is 6.10 Å². The average molecular weight is 398 g/mol. The van der Waals surface area contributed by atoms with Crippen LogP contribution in [0.4, 0.5) is 0 Å². The molecule has 29 heavy (non-hydrogen) atoms. The maximum absolute atomic E-state index is 10.7. The number of ether oxygens (including phenoxy) is 2. The average Bonchev–Trinajstić information content (AvgIpc) is 2.99. The molecule has 1 saturated heterocycles. The van der Waals surface area contributed by atoms with E-state index in [4.69, 9.17) is 9.47 Å². The lowest BCUT2D eigenvalue weighted by molar-refractivity contribution is 0.0473. The Morgan fingerprint density at radius 2 is 1.83 bits per heavy atom. The van der Waals surface area contributed by atoms with Crippen LogP contribution in [0.3, 0.4) is 0 Å². The number of likely N-dealkylation sites (tertiary alicyclic amines) is 1. The van der Waals surface area contributed by atoms with Crippen LogP contribution in [0.1, 0.15) is 51.7 Å². The van der Waals surface area contributed by atoms with E-state index in [0.717, 1.165) is 31.1 Å². The van der Waals surface area contributed by atoms with E-state index in [-0.39, 0.29) is 16.9 Å². The van der Waals surface area contributed by atoms with Crippen molar-refractivity contribution in [2.45, 2.75) is 58.8 Å². The highest BCUT2D eigenvalue weighted by Crippen LogP contribution is 2.47. The molecule has 1 N–H and O–H groups in total. The fraction of sp³-hybridized carbons (Fsp3) is 0.520. The van der Waals surface area contributed by atoms with Crippen LogP contribution in [0.15, 0.2) is 48.5 Å². The van der Waals surface area contributed by atoms with Gasteiger partial charge in [-0.15, -0.1) is 0 Å². The third-order valence-electron chi connectivity index (χ3n) is 6.01. The van der Waals surface area contributed by atoms with Crippen LogP contribution in [-0.2, 0) is 6.54 Å². The van der Waals surface area contributed by atoms with E-state index >= 15 is 0 Å². The number of aliphatic hydroxyl groups is 1. The Kier molecular flexibility index (Phi) is 6.25. The van der Waals surface area contributed by atoms with Gasteiger partial charge < -0.3 is 14.6 Å². The second-order valence-corrected chi connectivity index (χ2v) is 9.51. The number of hydrogen-bond acceptors (Lipinski definition) is 4. The zero-order chi connectivity index (χ0) is 21.2. The summed E-state index contributed by atoms with van der Waals surface area (Å²) in [5.74, 6) is 1.70. The van der Waals surface area contributed by atoms with Gasteiger partial charge in [-0.1, -0.05) is 43.3 Å². The summed E-state index contributed by atoms with van der Waals surface area (Å²) in [5.41, 5.74) is 1.94. The molecule has 0 saturated carbocycles. The van der Waals surface area contributed by atoms with Gasteiger partial charge in [-0.3, -0.25) is 4.90 Å². The second kappa shape index (κ2) is 8.37. The van der Waals surface area contributed by atoms with Crippen LogP contribution in [0, 0.1) is 5.41 Å². The summed E-state index contributed by atoms with van der Waals surface area (Å²) in [5, 5.41) is 10.7. The van der Waals surface area contributed by atoms with Crippen molar-refractivity contribution in [2.24, 2.45) is 5.41 Å². The maximum Gasteiger partial charge on any atom is 0.162 e. The molecule has 0 aromatic heterocycles. The van der Waals surface area contributed by atoms with Crippen molar-refractivity contribution >= 4 is 0 Å². The fourth-order valence-corrected chi connectivity index (χ4v) is 4.31. The third-order valence-corrected chi connectivity index (χ3v) is 6.01. The van der Waals surface area contributed by atoms with Gasteiger partial charge in [-0.2, -0.15) is 0 Å². The molecule has 3 rings (SSSR count). The predicted octanol–water partition coefficient (Wildman–Crippen LogP) is 4.86. The van der Waals surface area contributed by atoms with E-state index in [1.807, 2.05) is 39.8 Å². The number of nitrogens with zero attached hydrogens (tertiary/aromatic N) is 1. The molecule has 1 aliphatic rings. The fourth-order valence-electron chi connectivity index (χ4n) is 4.31. The second-order valence-electron chi connectivity index (χ2n) is 9.51. The number of methoxy groups -OCH3 is 1. The smallest absolute Gasteiger partial charge is 0.162 e. The molecule has 4 heteroatoms. The van der Waals surface area contributed by atoms with Crippen molar-refractivity contribution < 1.29 is 14.6 Å². The largest absolute Gasteiger partial charge is 0.493 e. The minimum atomic E-state index is -0.414. The minimum Gasteiger partial charge on any atom is -0.493 e. The summed E-state index contributed by atoms with van der Waals surface area (Å²) >= 11 is 0. The minimum absolute atomic E-state index is 0.208. The molecule has 1 fully saturated rings. The summed E-state index contributed by atoms with van der Waals surface area (Å²) in [7, 11) is 1.67. The molecule has 1 heterocycles. The zero-order valence-electron chi connectivity index (χ0n) is 18.6. The first-order valence-electron chi connectivity index (χ1n) is 10.4. The normalized spacial score (nSPS) is 23.8. The van der Waals surface area contributed by atoms with Gasteiger partial charge in [0.2, 0.25) is 0 Å². The Hall–Kier alpha value is -2.04. The maximum atomic E-state index is 10.7. The highest BCUT2D eigenvalue weighted by molar-refractivity contribution is 5.45. The molecule has 0 spiro atoms. The molecule has 3 atom stereocenters. The standard InChI is InChI=1S/C25H35NO3/c1-18(27)25(5)17-26(15-19-10-8-7-9-11-19)16-21(25)20-12-13-22(28-6)23(14-20)29-24(2,3)4/h7-14,18,21,27H,15-17H2,1-6H3/t18-,21?,25+/m1/s1. The monoisotopic (exact) mass is 397 g/mol. The van der Waals surface area contributed by atoms with Crippen LogP contribution in [0.25, 0.3) is 0 Å². The topological polar surface area (TPSA) is 41.9 Å². The van der Waals surface area contributed by atoms with Crippen molar-refractivity contribution in [1.82, 2.24) is 4.90 Å². The summed E-state index contributed by atoms with van der Waals surface area (Å²) < 4.78 is 11.7. The lowest BCUT2D eigenvalue weighted by Gasteiger charge is -2.34. The number of rotatable bonds is 6. The van der Waals surface area contributed by atoms with E-state index in [1.54, 1.807) is 7.11 Å². The number of aliphatic hydroxyl groups excluding tert-OH is 1. The molecule has 2 aromatic rings. The molecule has 1 unspecified atom stereocenters. The van der Waals surface area contributed by atoms with Gasteiger partial charge >= 0.3 is 0 Å². The molecule has 0 radical (unpaired) electrons. The van der Waals surface area contributed by atoms with Gasteiger partial charge in [0.1, 0.15) is 5.60 Å². The van der Waals surface area contributed by atoms with Gasteiger partial charge in [0.25, 0.3) is 0 Å². The van der Waals surface area contributed by atoms with Crippen LogP contribution < -0.4 is 9.47 Å². The van der Waals surface area contributed by atoms with Gasteiger partial charge in [-0.05, 0) is 51.0 Å². The molecule has 4 nitrogen and oxygen atoms in total. The Morgan fingerprint density at radius 1 is 1.14 bits per heavy atom. The summed E-state index contributed by atoms with van der Waals surface area (Å²) in [6, 6.07) is 16.7. The Bertz CT molecular complexity index is 813. The van der Waals surface area contributed by atoms with Crippen molar-refractivity contribution in [3.05, 3.63) is 59.7 Å². The van der Waals surface area contributed by atoms with E-state index in [9.17, 15) is 5.11 Å². The Balaban J connectivity index is 1.91. The van der Waals surface area contributed by atoms with E-state index in [1.165, 1.54) is 11.1 Å². The van der Waals surface area contributed by atoms with Gasteiger partial charge in [0.05, 0.1) is 13.2 Å². The van der Waals surface area contributed by atoms with Crippen molar-refractivity contribution in [1.29, 1.82) is 0 Å². The Labute approximate surface area is 175 Å². The SMILES string of the molecule is COc1ccc(C2CN(Cc3ccccc3)C[C@@]2(C)[C@@H](C)O)cc1OC(C)(C)C. The molecule has 0 amide bonds. The molecule has 2 aromatic carbocycles. The number of benzene rings is 2. The first-order chi connectivity index (χ1) is 13.6. The van der Waals surface area contributed by atoms with Crippen LogP contribution >= 0.6 is 0 Å². The van der Waals surface area contributed by atoms with Crippen LogP contribution in [0.2, 0.25) is 0 Å². The van der Waals surface area contributed by atoms with Crippen molar-refractivity contribution in [3.8, 4) is 11.5 Å². The van der Waals surface area contributed by atoms with Gasteiger partial charge in [0.15, 0.2) is 11.5 Å². The lowest BCUT2D eigenvalue weighted by Crippen LogP contribution is -2.37. The molecular weight excluding hydrogens is 362 g/mol. The van der Waals surface area contributed by atoms with Crippen LogP contribution in [-0.4, -0.2) is 41.9 Å². The molecule has 158 valence electrons. The lowest BCUT2D eigenvalue weighted by atomic mass is 9.72. The van der Waals surface area contributed by atoms with Crippen LogP contribution in [0.5, 0.6) is 11.5 Å². The zero-order valence-corrected chi connectivity index (χ0v) is 18.6. The van der Waals surface area contributed by atoms with E-state index in [0.29, 0.717) is 0 Å². The first kappa shape index (κ1) is 21.7.